The van der Waals surface area contributed by atoms with Gasteiger partial charge in [-0.3, -0.25) is 14.1 Å². The molecule has 0 aliphatic carbocycles. The monoisotopic (exact) mass is 672 g/mol. The summed E-state index contributed by atoms with van der Waals surface area (Å²) in [6.45, 7) is 3.56. The van der Waals surface area contributed by atoms with E-state index < -0.39 is 32.5 Å². The van der Waals surface area contributed by atoms with E-state index in [1.165, 1.54) is 89.9 Å². The summed E-state index contributed by atoms with van der Waals surface area (Å²) in [5.74, 6) is -0.898. The Kier molecular flexibility index (Phi) is 32.4. The van der Waals surface area contributed by atoms with Gasteiger partial charge in [-0.15, -0.1) is 0 Å². The zero-order valence-electron chi connectivity index (χ0n) is 29.5. The minimum absolute atomic E-state index is 0.211. The van der Waals surface area contributed by atoms with Crippen molar-refractivity contribution in [2.45, 2.75) is 187 Å². The van der Waals surface area contributed by atoms with Crippen molar-refractivity contribution in [3.05, 3.63) is 24.3 Å². The molecule has 0 aliphatic rings. The first-order valence-electron chi connectivity index (χ1n) is 18.6. The van der Waals surface area contributed by atoms with Crippen molar-refractivity contribution in [1.29, 1.82) is 0 Å². The Bertz CT molecular complexity index is 807. The van der Waals surface area contributed by atoms with E-state index in [4.69, 9.17) is 19.3 Å². The van der Waals surface area contributed by atoms with E-state index in [0.717, 1.165) is 57.8 Å². The van der Waals surface area contributed by atoms with E-state index in [2.05, 4.69) is 42.7 Å². The maximum atomic E-state index is 12.3. The Morgan fingerprint density at radius 1 is 0.565 bits per heavy atom. The van der Waals surface area contributed by atoms with Crippen LogP contribution in [0.25, 0.3) is 0 Å². The van der Waals surface area contributed by atoms with Crippen molar-refractivity contribution >= 4 is 19.8 Å². The minimum atomic E-state index is -4.74. The SMILES string of the molecule is CCCCCCC/C=C\C/C=C\CCCCCCCCCCCCCC(=O)OC(COC(=O)CCCCCCC)COP(=O)(O)O. The average Bonchev–Trinajstić information content (AvgIpc) is 3.02. The van der Waals surface area contributed by atoms with Crippen LogP contribution in [-0.4, -0.2) is 41.0 Å². The van der Waals surface area contributed by atoms with E-state index in [1.54, 1.807) is 0 Å². The molecule has 0 radical (unpaired) electrons. The standard InChI is InChI=1S/C37H69O8P/c1-3-5-7-9-10-11-12-13-14-15-16-17-18-19-20-21-22-23-24-25-26-28-30-32-37(39)45-35(34-44-46(40,41)42)33-43-36(38)31-29-27-8-6-4-2/h12-13,15-16,35H,3-11,14,17-34H2,1-2H3,(H2,40,41,42)/b13-12-,16-15-. The highest BCUT2D eigenvalue weighted by molar-refractivity contribution is 7.46. The number of hydrogen-bond donors (Lipinski definition) is 2. The van der Waals surface area contributed by atoms with Crippen LogP contribution in [0.4, 0.5) is 0 Å². The van der Waals surface area contributed by atoms with Crippen molar-refractivity contribution in [2.75, 3.05) is 13.2 Å². The minimum Gasteiger partial charge on any atom is -0.462 e. The molecule has 8 nitrogen and oxygen atoms in total. The molecule has 0 saturated heterocycles. The van der Waals surface area contributed by atoms with Crippen LogP contribution in [0.2, 0.25) is 0 Å². The normalized spacial score (nSPS) is 12.7. The van der Waals surface area contributed by atoms with Crippen molar-refractivity contribution in [2.24, 2.45) is 0 Å². The third-order valence-corrected chi connectivity index (χ3v) is 8.46. The molecular weight excluding hydrogens is 603 g/mol. The van der Waals surface area contributed by atoms with Gasteiger partial charge in [0.15, 0.2) is 6.10 Å². The van der Waals surface area contributed by atoms with Gasteiger partial charge in [-0.25, -0.2) is 4.57 Å². The molecule has 0 aromatic heterocycles. The Labute approximate surface area is 281 Å². The first kappa shape index (κ1) is 44.5. The van der Waals surface area contributed by atoms with Crippen LogP contribution < -0.4 is 0 Å². The van der Waals surface area contributed by atoms with E-state index >= 15 is 0 Å². The molecule has 0 saturated carbocycles. The summed E-state index contributed by atoms with van der Waals surface area (Å²) in [5.41, 5.74) is 0. The van der Waals surface area contributed by atoms with Gasteiger partial charge in [-0.2, -0.15) is 0 Å². The van der Waals surface area contributed by atoms with Crippen molar-refractivity contribution in [3.8, 4) is 0 Å². The molecule has 46 heavy (non-hydrogen) atoms. The van der Waals surface area contributed by atoms with E-state index in [-0.39, 0.29) is 19.4 Å². The number of rotatable bonds is 34. The second-order valence-electron chi connectivity index (χ2n) is 12.6. The lowest BCUT2D eigenvalue weighted by Gasteiger charge is -2.18. The van der Waals surface area contributed by atoms with Crippen LogP contribution in [0.3, 0.4) is 0 Å². The predicted octanol–water partition coefficient (Wildman–Crippen LogP) is 10.8. The lowest BCUT2D eigenvalue weighted by molar-refractivity contribution is -0.161. The summed E-state index contributed by atoms with van der Waals surface area (Å²) in [4.78, 5) is 42.3. The van der Waals surface area contributed by atoms with Crippen molar-refractivity contribution in [1.82, 2.24) is 0 Å². The van der Waals surface area contributed by atoms with Gasteiger partial charge in [0.05, 0.1) is 6.61 Å². The molecular formula is C37H69O8P. The third-order valence-electron chi connectivity index (χ3n) is 7.97. The lowest BCUT2D eigenvalue weighted by atomic mass is 10.0. The molecule has 0 aromatic carbocycles. The molecule has 0 bridgehead atoms. The molecule has 0 aliphatic heterocycles. The molecule has 270 valence electrons. The second-order valence-corrected chi connectivity index (χ2v) is 13.8. The maximum absolute atomic E-state index is 12.3. The van der Waals surface area contributed by atoms with E-state index in [1.807, 2.05) is 0 Å². The first-order valence-corrected chi connectivity index (χ1v) is 20.2. The molecule has 0 rings (SSSR count). The Balaban J connectivity index is 3.77. The molecule has 0 amide bonds. The molecule has 0 spiro atoms. The highest BCUT2D eigenvalue weighted by atomic mass is 31.2. The molecule has 0 fully saturated rings. The topological polar surface area (TPSA) is 119 Å². The quantitative estimate of drug-likeness (QED) is 0.0300. The Morgan fingerprint density at radius 3 is 1.43 bits per heavy atom. The highest BCUT2D eigenvalue weighted by Gasteiger charge is 2.22. The van der Waals surface area contributed by atoms with Gasteiger partial charge in [-0.1, -0.05) is 147 Å². The molecule has 0 heterocycles. The first-order chi connectivity index (χ1) is 22.3. The van der Waals surface area contributed by atoms with Gasteiger partial charge in [0, 0.05) is 12.8 Å². The molecule has 2 N–H and O–H groups in total. The predicted molar refractivity (Wildman–Crippen MR) is 189 cm³/mol. The second kappa shape index (κ2) is 33.4. The fourth-order valence-electron chi connectivity index (χ4n) is 5.17. The van der Waals surface area contributed by atoms with Crippen LogP contribution in [0, 0.1) is 0 Å². The van der Waals surface area contributed by atoms with E-state index in [9.17, 15) is 14.2 Å². The summed E-state index contributed by atoms with van der Waals surface area (Å²) < 4.78 is 26.1. The summed E-state index contributed by atoms with van der Waals surface area (Å²) in [7, 11) is -4.74. The largest absolute Gasteiger partial charge is 0.469 e. The van der Waals surface area contributed by atoms with Crippen LogP contribution in [-0.2, 0) is 28.2 Å². The number of carbonyl (C=O) groups excluding carboxylic acids is 2. The molecule has 1 atom stereocenters. The number of phosphoric ester groups is 1. The summed E-state index contributed by atoms with van der Waals surface area (Å²) in [6.07, 6.45) is 36.7. The summed E-state index contributed by atoms with van der Waals surface area (Å²) in [6, 6.07) is 0. The number of ether oxygens (including phenoxy) is 2. The average molecular weight is 673 g/mol. The molecule has 9 heteroatoms. The van der Waals surface area contributed by atoms with Gasteiger partial charge >= 0.3 is 19.8 Å². The number of allylic oxidation sites excluding steroid dienone is 4. The van der Waals surface area contributed by atoms with Gasteiger partial charge in [-0.05, 0) is 44.9 Å². The zero-order chi connectivity index (χ0) is 34.0. The van der Waals surface area contributed by atoms with Gasteiger partial charge in [0.1, 0.15) is 6.61 Å². The smallest absolute Gasteiger partial charge is 0.462 e. The number of phosphoric acid groups is 1. The Morgan fingerprint density at radius 2 is 0.978 bits per heavy atom. The van der Waals surface area contributed by atoms with Crippen LogP contribution >= 0.6 is 7.82 Å². The van der Waals surface area contributed by atoms with E-state index in [0.29, 0.717) is 6.42 Å². The number of esters is 2. The van der Waals surface area contributed by atoms with Crippen LogP contribution in [0.1, 0.15) is 181 Å². The zero-order valence-corrected chi connectivity index (χ0v) is 30.4. The third kappa shape index (κ3) is 35.4. The van der Waals surface area contributed by atoms with Gasteiger partial charge in [0.25, 0.3) is 0 Å². The summed E-state index contributed by atoms with van der Waals surface area (Å²) >= 11 is 0. The maximum Gasteiger partial charge on any atom is 0.469 e. The number of unbranched alkanes of at least 4 members (excludes halogenated alkanes) is 20. The summed E-state index contributed by atoms with van der Waals surface area (Å²) in [5, 5.41) is 0. The van der Waals surface area contributed by atoms with Crippen molar-refractivity contribution in [3.63, 3.8) is 0 Å². The number of carbonyl (C=O) groups is 2. The van der Waals surface area contributed by atoms with Gasteiger partial charge < -0.3 is 19.3 Å². The van der Waals surface area contributed by atoms with Gasteiger partial charge in [0.2, 0.25) is 0 Å². The lowest BCUT2D eigenvalue weighted by Crippen LogP contribution is -2.29. The van der Waals surface area contributed by atoms with Crippen LogP contribution in [0.5, 0.6) is 0 Å². The Hall–Kier alpha value is -1.47. The number of hydrogen-bond acceptors (Lipinski definition) is 6. The fourth-order valence-corrected chi connectivity index (χ4v) is 5.53. The highest BCUT2D eigenvalue weighted by Crippen LogP contribution is 2.36. The van der Waals surface area contributed by atoms with Crippen molar-refractivity contribution < 1.29 is 37.9 Å². The molecule has 1 unspecified atom stereocenters. The van der Waals surface area contributed by atoms with Crippen LogP contribution in [0.15, 0.2) is 24.3 Å². The fraction of sp³-hybridized carbons (Fsp3) is 0.838. The molecule has 0 aromatic rings.